The first-order valence-electron chi connectivity index (χ1n) is 4.58. The smallest absolute Gasteiger partial charge is 0.306 e. The normalized spacial score (nSPS) is 12.2. The zero-order chi connectivity index (χ0) is 12.1. The molecule has 0 saturated heterocycles. The van der Waals surface area contributed by atoms with Crippen LogP contribution in [0.2, 0.25) is 5.02 Å². The molecule has 0 heterocycles. The van der Waals surface area contributed by atoms with Gasteiger partial charge in [-0.1, -0.05) is 11.6 Å². The maximum absolute atomic E-state index is 13.2. The van der Waals surface area contributed by atoms with Crippen LogP contribution in [0.5, 0.6) is 0 Å². The molecule has 0 spiro atoms. The molecule has 0 amide bonds. The molecule has 1 rings (SSSR count). The zero-order valence-electron chi connectivity index (χ0n) is 8.28. The Balaban J connectivity index is 2.54. The minimum atomic E-state index is -1.11. The number of hydrogen-bond donors (Lipinski definition) is 3. The maximum atomic E-state index is 13.2. The van der Waals surface area contributed by atoms with E-state index in [1.165, 1.54) is 18.2 Å². The Morgan fingerprint density at radius 1 is 1.56 bits per heavy atom. The number of nitrogens with one attached hydrogen (secondary N) is 1. The number of rotatable bonds is 5. The molecule has 1 aromatic rings. The van der Waals surface area contributed by atoms with Crippen molar-refractivity contribution in [2.75, 3.05) is 11.9 Å². The summed E-state index contributed by atoms with van der Waals surface area (Å²) in [6, 6.07) is 3.95. The standard InChI is InChI=1S/C10H11ClFNO3/c11-6-1-2-8(12)9(3-6)13-5-7(14)4-10(15)16/h1-3,7,13-14H,4-5H2,(H,15,16). The molecule has 1 atom stereocenters. The predicted octanol–water partition coefficient (Wildman–Crippen LogP) is 1.73. The number of carbonyl (C=O) groups is 1. The first kappa shape index (κ1) is 12.7. The van der Waals surface area contributed by atoms with Gasteiger partial charge in [-0.25, -0.2) is 4.39 Å². The van der Waals surface area contributed by atoms with Crippen molar-refractivity contribution in [3.8, 4) is 0 Å². The molecule has 0 fully saturated rings. The van der Waals surface area contributed by atoms with Crippen LogP contribution in [0.25, 0.3) is 0 Å². The van der Waals surface area contributed by atoms with E-state index >= 15 is 0 Å². The third-order valence-electron chi connectivity index (χ3n) is 1.87. The van der Waals surface area contributed by atoms with E-state index in [-0.39, 0.29) is 12.2 Å². The van der Waals surface area contributed by atoms with E-state index in [1.54, 1.807) is 0 Å². The van der Waals surface area contributed by atoms with Crippen molar-refractivity contribution < 1.29 is 19.4 Å². The van der Waals surface area contributed by atoms with Gasteiger partial charge in [0, 0.05) is 11.6 Å². The number of aliphatic carboxylic acids is 1. The molecule has 4 nitrogen and oxygen atoms in total. The largest absolute Gasteiger partial charge is 0.481 e. The number of aliphatic hydroxyl groups is 1. The second-order valence-electron chi connectivity index (χ2n) is 3.26. The molecule has 0 aliphatic carbocycles. The lowest BCUT2D eigenvalue weighted by Gasteiger charge is -2.11. The average molecular weight is 248 g/mol. The van der Waals surface area contributed by atoms with Gasteiger partial charge in [0.1, 0.15) is 5.82 Å². The Morgan fingerprint density at radius 3 is 2.88 bits per heavy atom. The minimum Gasteiger partial charge on any atom is -0.481 e. The van der Waals surface area contributed by atoms with Crippen molar-refractivity contribution in [3.63, 3.8) is 0 Å². The molecular formula is C10H11ClFNO3. The third kappa shape index (κ3) is 4.04. The quantitative estimate of drug-likeness (QED) is 0.741. The summed E-state index contributed by atoms with van der Waals surface area (Å²) in [6.07, 6.45) is -1.47. The first-order valence-corrected chi connectivity index (χ1v) is 4.95. The minimum absolute atomic E-state index is 0.0520. The number of hydrogen-bond acceptors (Lipinski definition) is 3. The van der Waals surface area contributed by atoms with E-state index in [9.17, 15) is 14.3 Å². The van der Waals surface area contributed by atoms with Crippen LogP contribution >= 0.6 is 11.6 Å². The third-order valence-corrected chi connectivity index (χ3v) is 2.10. The molecular weight excluding hydrogens is 237 g/mol. The van der Waals surface area contributed by atoms with Gasteiger partial charge in [-0.15, -0.1) is 0 Å². The Kier molecular flexibility index (Phi) is 4.52. The lowest BCUT2D eigenvalue weighted by Crippen LogP contribution is -2.22. The van der Waals surface area contributed by atoms with E-state index in [4.69, 9.17) is 16.7 Å². The molecule has 0 bridgehead atoms. The highest BCUT2D eigenvalue weighted by molar-refractivity contribution is 6.30. The van der Waals surface area contributed by atoms with Crippen LogP contribution in [0.4, 0.5) is 10.1 Å². The van der Waals surface area contributed by atoms with Gasteiger partial charge in [0.25, 0.3) is 0 Å². The van der Waals surface area contributed by atoms with Gasteiger partial charge in [0.2, 0.25) is 0 Å². The number of carboxylic acid groups (broad SMARTS) is 1. The van der Waals surface area contributed by atoms with Crippen molar-refractivity contribution in [3.05, 3.63) is 29.0 Å². The van der Waals surface area contributed by atoms with Crippen LogP contribution in [-0.4, -0.2) is 28.8 Å². The fourth-order valence-electron chi connectivity index (χ4n) is 1.13. The molecule has 0 saturated carbocycles. The Hall–Kier alpha value is -1.33. The van der Waals surface area contributed by atoms with Crippen LogP contribution in [0.15, 0.2) is 18.2 Å². The lowest BCUT2D eigenvalue weighted by molar-refractivity contribution is -0.138. The number of aliphatic hydroxyl groups excluding tert-OH is 1. The van der Waals surface area contributed by atoms with Crippen molar-refractivity contribution in [2.24, 2.45) is 0 Å². The van der Waals surface area contributed by atoms with Gasteiger partial charge >= 0.3 is 5.97 Å². The molecule has 16 heavy (non-hydrogen) atoms. The van der Waals surface area contributed by atoms with Gasteiger partial charge in [-0.05, 0) is 18.2 Å². The summed E-state index contributed by atoms with van der Waals surface area (Å²) < 4.78 is 13.2. The van der Waals surface area contributed by atoms with Crippen molar-refractivity contribution in [1.29, 1.82) is 0 Å². The van der Waals surface area contributed by atoms with Crippen molar-refractivity contribution in [1.82, 2.24) is 0 Å². The summed E-state index contributed by atoms with van der Waals surface area (Å²) in [4.78, 5) is 10.3. The summed E-state index contributed by atoms with van der Waals surface area (Å²) in [5.41, 5.74) is 0.136. The fraction of sp³-hybridized carbons (Fsp3) is 0.300. The number of halogens is 2. The zero-order valence-corrected chi connectivity index (χ0v) is 9.04. The summed E-state index contributed by atoms with van der Waals surface area (Å²) in [7, 11) is 0. The second-order valence-corrected chi connectivity index (χ2v) is 3.69. The predicted molar refractivity (Wildman–Crippen MR) is 58.2 cm³/mol. The molecule has 0 aliphatic rings. The van der Waals surface area contributed by atoms with E-state index in [2.05, 4.69) is 5.32 Å². The molecule has 0 radical (unpaired) electrons. The molecule has 0 aliphatic heterocycles. The molecule has 3 N–H and O–H groups in total. The maximum Gasteiger partial charge on any atom is 0.306 e. The van der Waals surface area contributed by atoms with Gasteiger partial charge in [0.05, 0.1) is 18.2 Å². The number of carboxylic acids is 1. The Labute approximate surface area is 96.7 Å². The summed E-state index contributed by atoms with van der Waals surface area (Å²) in [6.45, 7) is -0.0520. The van der Waals surface area contributed by atoms with E-state index in [0.29, 0.717) is 5.02 Å². The highest BCUT2D eigenvalue weighted by atomic mass is 35.5. The molecule has 1 unspecified atom stereocenters. The molecule has 6 heteroatoms. The monoisotopic (exact) mass is 247 g/mol. The van der Waals surface area contributed by atoms with Crippen LogP contribution in [0, 0.1) is 5.82 Å². The Morgan fingerprint density at radius 2 is 2.25 bits per heavy atom. The summed E-state index contributed by atoms with van der Waals surface area (Å²) in [5.74, 6) is -1.62. The van der Waals surface area contributed by atoms with Crippen LogP contribution in [0.1, 0.15) is 6.42 Å². The Bertz CT molecular complexity index is 386. The number of anilines is 1. The van der Waals surface area contributed by atoms with E-state index in [0.717, 1.165) is 0 Å². The summed E-state index contributed by atoms with van der Waals surface area (Å²) >= 11 is 5.65. The van der Waals surface area contributed by atoms with Gasteiger partial charge in [-0.2, -0.15) is 0 Å². The van der Waals surface area contributed by atoms with Crippen LogP contribution in [0.3, 0.4) is 0 Å². The van der Waals surface area contributed by atoms with Crippen molar-refractivity contribution in [2.45, 2.75) is 12.5 Å². The topological polar surface area (TPSA) is 69.6 Å². The lowest BCUT2D eigenvalue weighted by atomic mass is 10.2. The van der Waals surface area contributed by atoms with E-state index < -0.39 is 24.3 Å². The van der Waals surface area contributed by atoms with Crippen LogP contribution in [-0.2, 0) is 4.79 Å². The number of benzene rings is 1. The highest BCUT2D eigenvalue weighted by Gasteiger charge is 2.10. The van der Waals surface area contributed by atoms with Gasteiger partial charge < -0.3 is 15.5 Å². The van der Waals surface area contributed by atoms with Gasteiger partial charge in [-0.3, -0.25) is 4.79 Å². The SMILES string of the molecule is O=C(O)CC(O)CNc1cc(Cl)ccc1F. The molecule has 0 aromatic heterocycles. The highest BCUT2D eigenvalue weighted by Crippen LogP contribution is 2.19. The second kappa shape index (κ2) is 5.67. The first-order chi connectivity index (χ1) is 7.49. The van der Waals surface area contributed by atoms with E-state index in [1.807, 2.05) is 0 Å². The average Bonchev–Trinajstić information content (AvgIpc) is 2.18. The fourth-order valence-corrected chi connectivity index (χ4v) is 1.31. The molecule has 1 aromatic carbocycles. The molecule has 88 valence electrons. The van der Waals surface area contributed by atoms with Crippen LogP contribution < -0.4 is 5.32 Å². The van der Waals surface area contributed by atoms with Crippen molar-refractivity contribution >= 4 is 23.3 Å². The summed E-state index contributed by atoms with van der Waals surface area (Å²) in [5, 5.41) is 20.6. The van der Waals surface area contributed by atoms with Gasteiger partial charge in [0.15, 0.2) is 0 Å².